The van der Waals surface area contributed by atoms with Gasteiger partial charge in [-0.3, -0.25) is 10.1 Å². The van der Waals surface area contributed by atoms with Gasteiger partial charge in [-0.15, -0.1) is 0 Å². The van der Waals surface area contributed by atoms with Gasteiger partial charge >= 0.3 is 6.03 Å². The molecule has 2 N–H and O–H groups in total. The maximum absolute atomic E-state index is 12.0. The molecule has 1 saturated carbocycles. The van der Waals surface area contributed by atoms with Gasteiger partial charge in [-0.2, -0.15) is 0 Å². The molecule has 5 unspecified atom stereocenters. The summed E-state index contributed by atoms with van der Waals surface area (Å²) >= 11 is 0. The quantitative estimate of drug-likeness (QED) is 0.625. The van der Waals surface area contributed by atoms with Crippen molar-refractivity contribution in [3.05, 3.63) is 0 Å². The van der Waals surface area contributed by atoms with E-state index in [0.29, 0.717) is 32.3 Å². The SMILES string of the molecule is COCCOCCCOC1CCC2CC3C(=O)NC(=O)NC3OC2C1. The highest BCUT2D eigenvalue weighted by Gasteiger charge is 2.47. The molecular weight excluding hydrogens is 328 g/mol. The topological polar surface area (TPSA) is 95.1 Å². The third-order valence-electron chi connectivity index (χ3n) is 5.19. The van der Waals surface area contributed by atoms with E-state index in [1.807, 2.05) is 0 Å². The van der Waals surface area contributed by atoms with Crippen molar-refractivity contribution in [1.29, 1.82) is 0 Å². The van der Waals surface area contributed by atoms with Crippen molar-refractivity contribution >= 4 is 11.9 Å². The molecule has 5 atom stereocenters. The Balaban J connectivity index is 1.38. The third-order valence-corrected chi connectivity index (χ3v) is 5.19. The predicted molar refractivity (Wildman–Crippen MR) is 87.8 cm³/mol. The van der Waals surface area contributed by atoms with Gasteiger partial charge in [0.2, 0.25) is 5.91 Å². The minimum Gasteiger partial charge on any atom is -0.382 e. The normalized spacial score (nSPS) is 34.7. The van der Waals surface area contributed by atoms with E-state index in [1.165, 1.54) is 0 Å². The molecule has 0 radical (unpaired) electrons. The van der Waals surface area contributed by atoms with E-state index >= 15 is 0 Å². The second kappa shape index (κ2) is 8.93. The van der Waals surface area contributed by atoms with Gasteiger partial charge in [-0.1, -0.05) is 0 Å². The Morgan fingerprint density at radius 3 is 2.84 bits per heavy atom. The van der Waals surface area contributed by atoms with E-state index in [4.69, 9.17) is 18.9 Å². The van der Waals surface area contributed by atoms with Gasteiger partial charge in [0, 0.05) is 26.7 Å². The maximum atomic E-state index is 12.0. The van der Waals surface area contributed by atoms with Gasteiger partial charge in [-0.25, -0.2) is 4.79 Å². The summed E-state index contributed by atoms with van der Waals surface area (Å²) < 4.78 is 22.3. The van der Waals surface area contributed by atoms with Crippen molar-refractivity contribution in [3.8, 4) is 0 Å². The summed E-state index contributed by atoms with van der Waals surface area (Å²) in [6.07, 6.45) is 4.13. The van der Waals surface area contributed by atoms with E-state index in [-0.39, 0.29) is 24.0 Å². The fourth-order valence-electron chi connectivity index (χ4n) is 3.88. The standard InChI is InChI=1S/C17H28N2O6/c1-22-7-8-23-5-2-6-24-12-4-3-11-9-13-15(20)18-17(21)19-16(13)25-14(11)10-12/h11-14,16H,2-10H2,1H3,(H2,18,19,20,21). The molecule has 2 heterocycles. The number of imide groups is 1. The molecule has 8 nitrogen and oxygen atoms in total. The van der Waals surface area contributed by atoms with Crippen LogP contribution in [0.25, 0.3) is 0 Å². The van der Waals surface area contributed by atoms with E-state index < -0.39 is 12.3 Å². The Morgan fingerprint density at radius 1 is 1.12 bits per heavy atom. The Labute approximate surface area is 147 Å². The minimum absolute atomic E-state index is 0.0455. The Morgan fingerprint density at radius 2 is 2.00 bits per heavy atom. The number of hydrogen-bond acceptors (Lipinski definition) is 6. The number of urea groups is 1. The summed E-state index contributed by atoms with van der Waals surface area (Å²) in [5, 5.41) is 5.03. The van der Waals surface area contributed by atoms with Gasteiger partial charge in [0.1, 0.15) is 6.23 Å². The van der Waals surface area contributed by atoms with Crippen LogP contribution in [0.15, 0.2) is 0 Å². The predicted octanol–water partition coefficient (Wildman–Crippen LogP) is 0.795. The van der Waals surface area contributed by atoms with E-state index in [1.54, 1.807) is 7.11 Å². The highest BCUT2D eigenvalue weighted by Crippen LogP contribution is 2.39. The first-order valence-corrected chi connectivity index (χ1v) is 9.12. The molecule has 8 heteroatoms. The lowest BCUT2D eigenvalue weighted by atomic mass is 9.76. The number of carbonyl (C=O) groups is 2. The van der Waals surface area contributed by atoms with Gasteiger partial charge in [0.15, 0.2) is 0 Å². The molecule has 1 aliphatic carbocycles. The molecule has 3 fully saturated rings. The largest absolute Gasteiger partial charge is 0.382 e. The van der Waals surface area contributed by atoms with Crippen LogP contribution in [0.1, 0.15) is 32.1 Å². The number of methoxy groups -OCH3 is 1. The molecule has 2 saturated heterocycles. The molecule has 2 aliphatic heterocycles. The number of carbonyl (C=O) groups excluding carboxylic acids is 2. The molecule has 0 bridgehead atoms. The lowest BCUT2D eigenvalue weighted by Gasteiger charge is -2.46. The average molecular weight is 356 g/mol. The first kappa shape index (κ1) is 18.6. The zero-order valence-corrected chi connectivity index (χ0v) is 14.7. The van der Waals surface area contributed by atoms with Crippen LogP contribution in [-0.4, -0.2) is 63.9 Å². The second-order valence-electron chi connectivity index (χ2n) is 6.92. The second-order valence-corrected chi connectivity index (χ2v) is 6.92. The Kier molecular flexibility index (Phi) is 6.63. The number of nitrogens with one attached hydrogen (secondary N) is 2. The van der Waals surface area contributed by atoms with Crippen molar-refractivity contribution in [2.75, 3.05) is 33.5 Å². The first-order valence-electron chi connectivity index (χ1n) is 9.12. The first-order chi connectivity index (χ1) is 12.2. The van der Waals surface area contributed by atoms with Crippen LogP contribution in [0.5, 0.6) is 0 Å². The highest BCUT2D eigenvalue weighted by atomic mass is 16.5. The van der Waals surface area contributed by atoms with Crippen LogP contribution in [0.2, 0.25) is 0 Å². The summed E-state index contributed by atoms with van der Waals surface area (Å²) in [5.74, 6) is -0.140. The van der Waals surface area contributed by atoms with Gasteiger partial charge in [0.05, 0.1) is 31.3 Å². The Hall–Kier alpha value is -1.22. The molecule has 3 rings (SSSR count). The number of hydrogen-bond donors (Lipinski definition) is 2. The van der Waals surface area contributed by atoms with Crippen LogP contribution in [0, 0.1) is 11.8 Å². The maximum Gasteiger partial charge on any atom is 0.323 e. The summed E-state index contributed by atoms with van der Waals surface area (Å²) in [4.78, 5) is 23.4. The van der Waals surface area contributed by atoms with E-state index in [0.717, 1.165) is 32.1 Å². The monoisotopic (exact) mass is 356 g/mol. The van der Waals surface area contributed by atoms with Crippen molar-refractivity contribution < 1.29 is 28.5 Å². The molecule has 0 aromatic carbocycles. The summed E-state index contributed by atoms with van der Waals surface area (Å²) in [5.41, 5.74) is 0. The van der Waals surface area contributed by atoms with Crippen LogP contribution in [0.3, 0.4) is 0 Å². The summed E-state index contributed by atoms with van der Waals surface area (Å²) in [6, 6.07) is -0.471. The van der Waals surface area contributed by atoms with Gasteiger partial charge < -0.3 is 24.3 Å². The fraction of sp³-hybridized carbons (Fsp3) is 0.882. The number of amides is 3. The van der Waals surface area contributed by atoms with E-state index in [2.05, 4.69) is 10.6 Å². The number of ether oxygens (including phenoxy) is 4. The molecule has 0 aromatic rings. The van der Waals surface area contributed by atoms with Crippen LogP contribution in [-0.2, 0) is 23.7 Å². The van der Waals surface area contributed by atoms with Gasteiger partial charge in [0.25, 0.3) is 0 Å². The van der Waals surface area contributed by atoms with Crippen molar-refractivity contribution in [2.45, 2.75) is 50.5 Å². The molecule has 0 spiro atoms. The fourth-order valence-corrected chi connectivity index (χ4v) is 3.88. The zero-order valence-electron chi connectivity index (χ0n) is 14.7. The van der Waals surface area contributed by atoms with Gasteiger partial charge in [-0.05, 0) is 31.6 Å². The molecule has 142 valence electrons. The summed E-state index contributed by atoms with van der Waals surface area (Å²) in [6.45, 7) is 2.56. The third kappa shape index (κ3) is 4.91. The van der Waals surface area contributed by atoms with Crippen molar-refractivity contribution in [3.63, 3.8) is 0 Å². The Bertz CT molecular complexity index is 474. The summed E-state index contributed by atoms with van der Waals surface area (Å²) in [7, 11) is 1.66. The lowest BCUT2D eigenvalue weighted by Crippen LogP contribution is -2.63. The number of rotatable bonds is 8. The zero-order chi connectivity index (χ0) is 17.6. The van der Waals surface area contributed by atoms with E-state index in [9.17, 15) is 9.59 Å². The molecule has 0 aromatic heterocycles. The lowest BCUT2D eigenvalue weighted by molar-refractivity contribution is -0.172. The van der Waals surface area contributed by atoms with Crippen molar-refractivity contribution in [2.24, 2.45) is 11.8 Å². The number of fused-ring (bicyclic) bond motifs is 2. The molecular formula is C17H28N2O6. The molecule has 3 aliphatic rings. The highest BCUT2D eigenvalue weighted by molar-refractivity contribution is 5.98. The van der Waals surface area contributed by atoms with Crippen molar-refractivity contribution in [1.82, 2.24) is 10.6 Å². The van der Waals surface area contributed by atoms with Crippen LogP contribution in [0.4, 0.5) is 4.79 Å². The minimum atomic E-state index is -0.504. The smallest absolute Gasteiger partial charge is 0.323 e. The molecule has 3 amide bonds. The average Bonchev–Trinajstić information content (AvgIpc) is 2.59. The molecule has 25 heavy (non-hydrogen) atoms. The van der Waals surface area contributed by atoms with Crippen LogP contribution < -0.4 is 10.6 Å². The van der Waals surface area contributed by atoms with Crippen LogP contribution >= 0.6 is 0 Å².